The summed E-state index contributed by atoms with van der Waals surface area (Å²) in [4.78, 5) is 13.4. The Morgan fingerprint density at radius 1 is 1.12 bits per heavy atom. The van der Waals surface area contributed by atoms with E-state index in [4.69, 9.17) is 11.6 Å². The molecule has 0 rings (SSSR count). The third kappa shape index (κ3) is 10.6. The van der Waals surface area contributed by atoms with Crippen LogP contribution < -0.4 is 0 Å². The van der Waals surface area contributed by atoms with Crippen molar-refractivity contribution in [3.63, 3.8) is 0 Å². The summed E-state index contributed by atoms with van der Waals surface area (Å²) in [7, 11) is 1.84. The molecule has 0 aromatic heterocycles. The molecule has 0 aliphatic rings. The van der Waals surface area contributed by atoms with E-state index in [-0.39, 0.29) is 11.3 Å². The Labute approximate surface area is 112 Å². The smallest absolute Gasteiger partial charge is 0.222 e. The van der Waals surface area contributed by atoms with Gasteiger partial charge in [0.15, 0.2) is 0 Å². The van der Waals surface area contributed by atoms with Gasteiger partial charge in [-0.2, -0.15) is 0 Å². The monoisotopic (exact) mass is 261 g/mol. The molecule has 2 nitrogen and oxygen atoms in total. The molecule has 17 heavy (non-hydrogen) atoms. The summed E-state index contributed by atoms with van der Waals surface area (Å²) in [6, 6.07) is 0. The van der Waals surface area contributed by atoms with Crippen LogP contribution in [-0.2, 0) is 4.79 Å². The standard InChI is InChI=1S/C14H28ClNO/c1-4-5-6-7-8-9-10-11-14(17)16(3)12-13(2)15/h13H,4-12H2,1-3H3. The average Bonchev–Trinajstić information content (AvgIpc) is 2.26. The van der Waals surface area contributed by atoms with E-state index >= 15 is 0 Å². The highest BCUT2D eigenvalue weighted by molar-refractivity contribution is 6.20. The van der Waals surface area contributed by atoms with E-state index in [1.165, 1.54) is 38.5 Å². The first kappa shape index (κ1) is 16.8. The van der Waals surface area contributed by atoms with Crippen LogP contribution in [0.25, 0.3) is 0 Å². The second kappa shape index (κ2) is 10.9. The summed E-state index contributed by atoms with van der Waals surface area (Å²) in [5.74, 6) is 0.228. The lowest BCUT2D eigenvalue weighted by molar-refractivity contribution is -0.130. The maximum Gasteiger partial charge on any atom is 0.222 e. The summed E-state index contributed by atoms with van der Waals surface area (Å²) >= 11 is 5.86. The van der Waals surface area contributed by atoms with Gasteiger partial charge in [-0.15, -0.1) is 11.6 Å². The largest absolute Gasteiger partial charge is 0.344 e. The number of hydrogen-bond donors (Lipinski definition) is 0. The topological polar surface area (TPSA) is 20.3 Å². The molecule has 0 aromatic carbocycles. The van der Waals surface area contributed by atoms with Crippen molar-refractivity contribution in [3.05, 3.63) is 0 Å². The minimum Gasteiger partial charge on any atom is -0.344 e. The quantitative estimate of drug-likeness (QED) is 0.426. The minimum absolute atomic E-state index is 0.0398. The summed E-state index contributed by atoms with van der Waals surface area (Å²) < 4.78 is 0. The van der Waals surface area contributed by atoms with Gasteiger partial charge in [-0.05, 0) is 13.3 Å². The summed E-state index contributed by atoms with van der Waals surface area (Å²) in [5.41, 5.74) is 0. The molecule has 102 valence electrons. The molecule has 0 radical (unpaired) electrons. The van der Waals surface area contributed by atoms with Gasteiger partial charge in [0, 0.05) is 25.4 Å². The van der Waals surface area contributed by atoms with E-state index in [2.05, 4.69) is 6.92 Å². The highest BCUT2D eigenvalue weighted by atomic mass is 35.5. The van der Waals surface area contributed by atoms with E-state index in [9.17, 15) is 4.79 Å². The highest BCUT2D eigenvalue weighted by Gasteiger charge is 2.09. The predicted octanol–water partition coefficient (Wildman–Crippen LogP) is 4.21. The maximum absolute atomic E-state index is 11.7. The van der Waals surface area contributed by atoms with Gasteiger partial charge in [0.25, 0.3) is 0 Å². The van der Waals surface area contributed by atoms with Crippen LogP contribution in [0.3, 0.4) is 0 Å². The highest BCUT2D eigenvalue weighted by Crippen LogP contribution is 2.09. The summed E-state index contributed by atoms with van der Waals surface area (Å²) in [5, 5.41) is 0.0398. The number of halogens is 1. The number of unbranched alkanes of at least 4 members (excludes halogenated alkanes) is 6. The first-order valence-corrected chi connectivity index (χ1v) is 7.39. The summed E-state index contributed by atoms with van der Waals surface area (Å²) in [6.45, 7) is 4.79. The Hall–Kier alpha value is -0.240. The van der Waals surface area contributed by atoms with Crippen molar-refractivity contribution in [1.29, 1.82) is 0 Å². The van der Waals surface area contributed by atoms with E-state index < -0.39 is 0 Å². The molecule has 3 heteroatoms. The average molecular weight is 262 g/mol. The maximum atomic E-state index is 11.7. The number of hydrogen-bond acceptors (Lipinski definition) is 1. The third-order valence-corrected chi connectivity index (χ3v) is 3.08. The molecule has 0 saturated carbocycles. The Kier molecular flexibility index (Phi) is 10.7. The van der Waals surface area contributed by atoms with Gasteiger partial charge >= 0.3 is 0 Å². The molecule has 0 saturated heterocycles. The molecule has 0 spiro atoms. The molecule has 1 amide bonds. The number of carbonyl (C=O) groups is 1. The SMILES string of the molecule is CCCCCCCCCC(=O)N(C)CC(C)Cl. The second-order valence-corrected chi connectivity index (χ2v) is 5.67. The first-order chi connectivity index (χ1) is 8.07. The van der Waals surface area contributed by atoms with Crippen LogP contribution in [0.4, 0.5) is 0 Å². The van der Waals surface area contributed by atoms with Crippen molar-refractivity contribution >= 4 is 17.5 Å². The van der Waals surface area contributed by atoms with E-state index in [1.54, 1.807) is 4.90 Å². The molecule has 0 aliphatic heterocycles. The molecule has 0 bridgehead atoms. The lowest BCUT2D eigenvalue weighted by Crippen LogP contribution is -2.31. The molecule has 0 fully saturated rings. The number of nitrogens with zero attached hydrogens (tertiary/aromatic N) is 1. The number of amides is 1. The Morgan fingerprint density at radius 3 is 2.18 bits per heavy atom. The molecular weight excluding hydrogens is 234 g/mol. The van der Waals surface area contributed by atoms with Crippen molar-refractivity contribution < 1.29 is 4.79 Å². The first-order valence-electron chi connectivity index (χ1n) is 6.96. The molecule has 1 unspecified atom stereocenters. The predicted molar refractivity (Wildman–Crippen MR) is 75.6 cm³/mol. The van der Waals surface area contributed by atoms with Crippen molar-refractivity contribution in [1.82, 2.24) is 4.90 Å². The van der Waals surface area contributed by atoms with Gasteiger partial charge in [-0.25, -0.2) is 0 Å². The van der Waals surface area contributed by atoms with Gasteiger partial charge < -0.3 is 4.90 Å². The third-order valence-electron chi connectivity index (χ3n) is 2.95. The molecule has 1 atom stereocenters. The van der Waals surface area contributed by atoms with Crippen molar-refractivity contribution in [2.24, 2.45) is 0 Å². The number of alkyl halides is 1. The molecule has 0 heterocycles. The fourth-order valence-corrected chi connectivity index (χ4v) is 2.11. The molecular formula is C14H28ClNO. The normalized spacial score (nSPS) is 12.5. The Morgan fingerprint density at radius 2 is 1.65 bits per heavy atom. The van der Waals surface area contributed by atoms with Crippen LogP contribution in [0.15, 0.2) is 0 Å². The number of carbonyl (C=O) groups excluding carboxylic acids is 1. The zero-order chi connectivity index (χ0) is 13.1. The summed E-state index contributed by atoms with van der Waals surface area (Å²) in [6.07, 6.45) is 9.43. The number of rotatable bonds is 10. The minimum atomic E-state index is 0.0398. The molecule has 0 aromatic rings. The van der Waals surface area contributed by atoms with Gasteiger partial charge in [0.2, 0.25) is 5.91 Å². The second-order valence-electron chi connectivity index (χ2n) is 4.93. The fourth-order valence-electron chi connectivity index (χ4n) is 1.90. The van der Waals surface area contributed by atoms with Gasteiger partial charge in [-0.3, -0.25) is 4.79 Å². The van der Waals surface area contributed by atoms with Gasteiger partial charge in [0.05, 0.1) is 0 Å². The molecule has 0 aliphatic carbocycles. The Bertz CT molecular complexity index is 195. The molecule has 0 N–H and O–H groups in total. The van der Waals surface area contributed by atoms with Crippen molar-refractivity contribution in [2.75, 3.05) is 13.6 Å². The van der Waals surface area contributed by atoms with Gasteiger partial charge in [0.1, 0.15) is 0 Å². The lowest BCUT2D eigenvalue weighted by Gasteiger charge is -2.18. The lowest BCUT2D eigenvalue weighted by atomic mass is 10.1. The van der Waals surface area contributed by atoms with Crippen LogP contribution in [0, 0.1) is 0 Å². The van der Waals surface area contributed by atoms with Crippen LogP contribution >= 0.6 is 11.6 Å². The zero-order valence-corrected chi connectivity index (χ0v) is 12.4. The Balaban J connectivity index is 3.38. The van der Waals surface area contributed by atoms with E-state index in [0.717, 1.165) is 6.42 Å². The van der Waals surface area contributed by atoms with Crippen LogP contribution in [0.1, 0.15) is 65.2 Å². The van der Waals surface area contributed by atoms with Crippen LogP contribution in [-0.4, -0.2) is 29.8 Å². The van der Waals surface area contributed by atoms with Gasteiger partial charge in [-0.1, -0.05) is 45.4 Å². The van der Waals surface area contributed by atoms with Crippen LogP contribution in [0.5, 0.6) is 0 Å². The van der Waals surface area contributed by atoms with E-state index in [1.807, 2.05) is 14.0 Å². The van der Waals surface area contributed by atoms with E-state index in [0.29, 0.717) is 13.0 Å². The van der Waals surface area contributed by atoms with Crippen molar-refractivity contribution in [3.8, 4) is 0 Å². The van der Waals surface area contributed by atoms with Crippen LogP contribution in [0.2, 0.25) is 0 Å². The van der Waals surface area contributed by atoms with Crippen molar-refractivity contribution in [2.45, 2.75) is 70.6 Å². The fraction of sp³-hybridized carbons (Fsp3) is 0.929. The zero-order valence-electron chi connectivity index (χ0n) is 11.7.